The Morgan fingerprint density at radius 2 is 1.67 bits per heavy atom. The van der Waals surface area contributed by atoms with Crippen LogP contribution in [0.3, 0.4) is 0 Å². The number of likely N-dealkylation sites (tertiary alicyclic amines) is 1. The Bertz CT molecular complexity index is 584. The molecule has 1 aromatic rings. The standard InChI is InChI=1S/C24H38N2O/c1-3-5-9-20(10-6-4-2)13-16-25-17-14-22(15-18-25)26-19-21-11-7-8-12-23(21)24(26)27/h7-8,11-12,20,22H,3-6,9-10,13-19H2,1-2H3. The summed E-state index contributed by atoms with van der Waals surface area (Å²) in [4.78, 5) is 17.5. The van der Waals surface area contributed by atoms with E-state index < -0.39 is 0 Å². The van der Waals surface area contributed by atoms with Crippen LogP contribution in [-0.2, 0) is 6.54 Å². The molecule has 0 aliphatic carbocycles. The van der Waals surface area contributed by atoms with Crippen LogP contribution in [0, 0.1) is 5.92 Å². The number of hydrogen-bond donors (Lipinski definition) is 0. The first-order valence-corrected chi connectivity index (χ1v) is 11.3. The molecule has 0 bridgehead atoms. The van der Waals surface area contributed by atoms with Crippen LogP contribution in [0.5, 0.6) is 0 Å². The molecule has 2 heterocycles. The van der Waals surface area contributed by atoms with Gasteiger partial charge in [-0.3, -0.25) is 4.79 Å². The van der Waals surface area contributed by atoms with Crippen LogP contribution in [0.1, 0.15) is 87.6 Å². The molecule has 0 unspecified atom stereocenters. The number of rotatable bonds is 10. The van der Waals surface area contributed by atoms with Crippen molar-refractivity contribution >= 4 is 5.91 Å². The van der Waals surface area contributed by atoms with Crippen molar-refractivity contribution in [3.05, 3.63) is 35.4 Å². The molecule has 1 amide bonds. The molecule has 0 spiro atoms. The first-order chi connectivity index (χ1) is 13.2. The molecule has 3 nitrogen and oxygen atoms in total. The first-order valence-electron chi connectivity index (χ1n) is 11.3. The number of piperidine rings is 1. The fraction of sp³-hybridized carbons (Fsp3) is 0.708. The molecule has 0 N–H and O–H groups in total. The quantitative estimate of drug-likeness (QED) is 0.543. The maximum atomic E-state index is 12.7. The van der Waals surface area contributed by atoms with E-state index in [1.54, 1.807) is 0 Å². The molecule has 1 fully saturated rings. The van der Waals surface area contributed by atoms with E-state index in [0.717, 1.165) is 44.0 Å². The zero-order valence-corrected chi connectivity index (χ0v) is 17.5. The Balaban J connectivity index is 1.43. The van der Waals surface area contributed by atoms with Gasteiger partial charge in [0, 0.05) is 31.2 Å². The molecular weight excluding hydrogens is 332 g/mol. The highest BCUT2D eigenvalue weighted by Gasteiger charge is 2.34. The Morgan fingerprint density at radius 1 is 1.00 bits per heavy atom. The minimum Gasteiger partial charge on any atom is -0.331 e. The van der Waals surface area contributed by atoms with Crippen LogP contribution in [0.15, 0.2) is 24.3 Å². The summed E-state index contributed by atoms with van der Waals surface area (Å²) in [5.41, 5.74) is 2.13. The molecule has 1 saturated heterocycles. The van der Waals surface area contributed by atoms with E-state index in [1.165, 1.54) is 57.1 Å². The monoisotopic (exact) mass is 370 g/mol. The van der Waals surface area contributed by atoms with Crippen molar-refractivity contribution in [2.45, 2.75) is 84.2 Å². The summed E-state index contributed by atoms with van der Waals surface area (Å²) in [6.07, 6.45) is 11.9. The molecule has 0 aromatic heterocycles. The third kappa shape index (κ3) is 5.34. The molecule has 2 aliphatic rings. The van der Waals surface area contributed by atoms with E-state index in [2.05, 4.69) is 29.7 Å². The number of hydrogen-bond acceptors (Lipinski definition) is 2. The molecule has 27 heavy (non-hydrogen) atoms. The van der Waals surface area contributed by atoms with Crippen LogP contribution >= 0.6 is 0 Å². The second-order valence-electron chi connectivity index (χ2n) is 8.60. The van der Waals surface area contributed by atoms with E-state index in [4.69, 9.17) is 0 Å². The van der Waals surface area contributed by atoms with Gasteiger partial charge in [-0.05, 0) is 43.4 Å². The Hall–Kier alpha value is -1.35. The number of nitrogens with zero attached hydrogens (tertiary/aromatic N) is 2. The van der Waals surface area contributed by atoms with Crippen LogP contribution in [0.2, 0.25) is 0 Å². The summed E-state index contributed by atoms with van der Waals surface area (Å²) in [5, 5.41) is 0. The maximum absolute atomic E-state index is 12.7. The molecular formula is C24H38N2O. The van der Waals surface area contributed by atoms with E-state index in [0.29, 0.717) is 6.04 Å². The van der Waals surface area contributed by atoms with Crippen molar-refractivity contribution in [2.24, 2.45) is 5.92 Å². The lowest BCUT2D eigenvalue weighted by Gasteiger charge is -2.37. The van der Waals surface area contributed by atoms with Crippen LogP contribution < -0.4 is 0 Å². The van der Waals surface area contributed by atoms with Crippen LogP contribution in [0.4, 0.5) is 0 Å². The van der Waals surface area contributed by atoms with E-state index in [-0.39, 0.29) is 5.91 Å². The third-order valence-electron chi connectivity index (χ3n) is 6.63. The van der Waals surface area contributed by atoms with Crippen LogP contribution in [0.25, 0.3) is 0 Å². The Morgan fingerprint density at radius 3 is 2.30 bits per heavy atom. The third-order valence-corrected chi connectivity index (χ3v) is 6.63. The molecule has 0 atom stereocenters. The Kier molecular flexibility index (Phi) is 7.75. The van der Waals surface area contributed by atoms with Crippen molar-refractivity contribution in [1.29, 1.82) is 0 Å². The first kappa shape index (κ1) is 20.4. The summed E-state index contributed by atoms with van der Waals surface area (Å²) >= 11 is 0. The number of carbonyl (C=O) groups is 1. The largest absolute Gasteiger partial charge is 0.331 e. The lowest BCUT2D eigenvalue weighted by Crippen LogP contribution is -2.45. The number of carbonyl (C=O) groups excluding carboxylic acids is 1. The summed E-state index contributed by atoms with van der Waals surface area (Å²) in [5.74, 6) is 1.17. The van der Waals surface area contributed by atoms with Crippen molar-refractivity contribution in [3.63, 3.8) is 0 Å². The zero-order chi connectivity index (χ0) is 19.1. The fourth-order valence-corrected chi connectivity index (χ4v) is 4.81. The normalized spacial score (nSPS) is 18.5. The smallest absolute Gasteiger partial charge is 0.254 e. The SMILES string of the molecule is CCCCC(CCCC)CCN1CCC(N2Cc3ccccc3C2=O)CC1. The van der Waals surface area contributed by atoms with Gasteiger partial charge in [-0.2, -0.15) is 0 Å². The number of amides is 1. The number of benzene rings is 1. The fourth-order valence-electron chi connectivity index (χ4n) is 4.81. The molecule has 1 aromatic carbocycles. The molecule has 0 saturated carbocycles. The van der Waals surface area contributed by atoms with E-state index in [1.807, 2.05) is 18.2 Å². The van der Waals surface area contributed by atoms with Gasteiger partial charge in [0.25, 0.3) is 5.91 Å². The summed E-state index contributed by atoms with van der Waals surface area (Å²) in [6.45, 7) is 8.98. The number of unbranched alkanes of at least 4 members (excludes halogenated alkanes) is 2. The molecule has 0 radical (unpaired) electrons. The average molecular weight is 371 g/mol. The van der Waals surface area contributed by atoms with Gasteiger partial charge in [-0.1, -0.05) is 70.6 Å². The van der Waals surface area contributed by atoms with Gasteiger partial charge in [0.2, 0.25) is 0 Å². The van der Waals surface area contributed by atoms with E-state index in [9.17, 15) is 4.79 Å². The molecule has 3 heteroatoms. The molecule has 150 valence electrons. The summed E-state index contributed by atoms with van der Waals surface area (Å²) in [7, 11) is 0. The van der Waals surface area contributed by atoms with Crippen molar-refractivity contribution in [3.8, 4) is 0 Å². The van der Waals surface area contributed by atoms with Crippen molar-refractivity contribution < 1.29 is 4.79 Å². The number of fused-ring (bicyclic) bond motifs is 1. The van der Waals surface area contributed by atoms with Gasteiger partial charge in [0.15, 0.2) is 0 Å². The Labute approximate surface area is 166 Å². The minimum atomic E-state index is 0.253. The molecule has 2 aliphatic heterocycles. The lowest BCUT2D eigenvalue weighted by atomic mass is 9.92. The molecule has 3 rings (SSSR count). The topological polar surface area (TPSA) is 23.6 Å². The predicted octanol–water partition coefficient (Wildman–Crippen LogP) is 5.49. The second kappa shape index (κ2) is 10.3. The maximum Gasteiger partial charge on any atom is 0.254 e. The van der Waals surface area contributed by atoms with Gasteiger partial charge >= 0.3 is 0 Å². The summed E-state index contributed by atoms with van der Waals surface area (Å²) < 4.78 is 0. The predicted molar refractivity (Wildman–Crippen MR) is 113 cm³/mol. The van der Waals surface area contributed by atoms with Crippen LogP contribution in [-0.4, -0.2) is 41.4 Å². The highest BCUT2D eigenvalue weighted by atomic mass is 16.2. The average Bonchev–Trinajstić information content (AvgIpc) is 3.05. The van der Waals surface area contributed by atoms with Crippen molar-refractivity contribution in [1.82, 2.24) is 9.80 Å². The van der Waals surface area contributed by atoms with Gasteiger partial charge < -0.3 is 9.80 Å². The second-order valence-corrected chi connectivity index (χ2v) is 8.60. The minimum absolute atomic E-state index is 0.253. The van der Waals surface area contributed by atoms with Gasteiger partial charge in [-0.15, -0.1) is 0 Å². The van der Waals surface area contributed by atoms with Crippen molar-refractivity contribution in [2.75, 3.05) is 19.6 Å². The zero-order valence-electron chi connectivity index (χ0n) is 17.5. The summed E-state index contributed by atoms with van der Waals surface area (Å²) in [6, 6.07) is 8.55. The van der Waals surface area contributed by atoms with Gasteiger partial charge in [0.05, 0.1) is 0 Å². The van der Waals surface area contributed by atoms with E-state index >= 15 is 0 Å². The highest BCUT2D eigenvalue weighted by Crippen LogP contribution is 2.29. The highest BCUT2D eigenvalue weighted by molar-refractivity contribution is 5.98. The lowest BCUT2D eigenvalue weighted by molar-refractivity contribution is 0.0591. The van der Waals surface area contributed by atoms with Gasteiger partial charge in [0.1, 0.15) is 0 Å². The van der Waals surface area contributed by atoms with Gasteiger partial charge in [-0.25, -0.2) is 0 Å².